The fourth-order valence-corrected chi connectivity index (χ4v) is 2.23. The SMILES string of the molecule is Cc1cc(C)n(-c2ccc(Cl)c(CNCC(C)C)n2)n1. The van der Waals surface area contributed by atoms with Gasteiger partial charge in [0.25, 0.3) is 0 Å². The van der Waals surface area contributed by atoms with Crippen molar-refractivity contribution >= 4 is 11.6 Å². The first kappa shape index (κ1) is 15.0. The molecule has 2 rings (SSSR count). The number of aromatic nitrogens is 3. The van der Waals surface area contributed by atoms with Crippen LogP contribution >= 0.6 is 11.6 Å². The summed E-state index contributed by atoms with van der Waals surface area (Å²) in [6.07, 6.45) is 0. The monoisotopic (exact) mass is 292 g/mol. The number of rotatable bonds is 5. The van der Waals surface area contributed by atoms with Crippen LogP contribution in [0.15, 0.2) is 18.2 Å². The molecule has 0 unspecified atom stereocenters. The van der Waals surface area contributed by atoms with Gasteiger partial charge in [-0.1, -0.05) is 25.4 Å². The van der Waals surface area contributed by atoms with Crippen LogP contribution in [0.3, 0.4) is 0 Å². The molecule has 0 saturated carbocycles. The molecule has 0 aliphatic carbocycles. The minimum atomic E-state index is 0.605. The third-order valence-electron chi connectivity index (χ3n) is 2.98. The minimum Gasteiger partial charge on any atom is -0.311 e. The standard InChI is InChI=1S/C15H21ClN4/c1-10(2)8-17-9-14-13(16)5-6-15(18-14)20-12(4)7-11(3)19-20/h5-7,10,17H,8-9H2,1-4H3. The fourth-order valence-electron chi connectivity index (χ4n) is 2.05. The number of pyridine rings is 1. The highest BCUT2D eigenvalue weighted by Crippen LogP contribution is 2.17. The topological polar surface area (TPSA) is 42.7 Å². The Kier molecular flexibility index (Phi) is 4.78. The van der Waals surface area contributed by atoms with Crippen molar-refractivity contribution in [1.29, 1.82) is 0 Å². The highest BCUT2D eigenvalue weighted by Gasteiger charge is 2.09. The van der Waals surface area contributed by atoms with Crippen molar-refractivity contribution in [2.45, 2.75) is 34.2 Å². The lowest BCUT2D eigenvalue weighted by Gasteiger charge is -2.10. The Morgan fingerprint density at radius 1 is 1.30 bits per heavy atom. The molecule has 0 fully saturated rings. The van der Waals surface area contributed by atoms with Gasteiger partial charge in [0.15, 0.2) is 5.82 Å². The minimum absolute atomic E-state index is 0.605. The van der Waals surface area contributed by atoms with Crippen molar-refractivity contribution < 1.29 is 0 Å². The van der Waals surface area contributed by atoms with Crippen LogP contribution in [0, 0.1) is 19.8 Å². The molecule has 0 aromatic carbocycles. The number of hydrogen-bond donors (Lipinski definition) is 1. The molecular formula is C15H21ClN4. The summed E-state index contributed by atoms with van der Waals surface area (Å²) in [4.78, 5) is 4.62. The van der Waals surface area contributed by atoms with Crippen LogP contribution < -0.4 is 5.32 Å². The third kappa shape index (κ3) is 3.58. The Bertz CT molecular complexity index is 590. The second-order valence-electron chi connectivity index (χ2n) is 5.46. The molecule has 0 aliphatic heterocycles. The van der Waals surface area contributed by atoms with Gasteiger partial charge in [-0.15, -0.1) is 0 Å². The molecule has 0 spiro atoms. The van der Waals surface area contributed by atoms with Gasteiger partial charge in [0, 0.05) is 12.2 Å². The van der Waals surface area contributed by atoms with Gasteiger partial charge in [0.2, 0.25) is 0 Å². The fraction of sp³-hybridized carbons (Fsp3) is 0.467. The van der Waals surface area contributed by atoms with Crippen LogP contribution in [-0.2, 0) is 6.54 Å². The van der Waals surface area contributed by atoms with Gasteiger partial charge in [-0.05, 0) is 44.5 Å². The van der Waals surface area contributed by atoms with Crippen LogP contribution in [-0.4, -0.2) is 21.3 Å². The zero-order valence-electron chi connectivity index (χ0n) is 12.4. The largest absolute Gasteiger partial charge is 0.311 e. The first-order valence-electron chi connectivity index (χ1n) is 6.87. The Morgan fingerprint density at radius 3 is 2.65 bits per heavy atom. The van der Waals surface area contributed by atoms with Gasteiger partial charge >= 0.3 is 0 Å². The second kappa shape index (κ2) is 6.37. The van der Waals surface area contributed by atoms with Crippen molar-refractivity contribution in [2.75, 3.05) is 6.54 Å². The zero-order chi connectivity index (χ0) is 14.7. The van der Waals surface area contributed by atoms with Gasteiger partial charge in [0.1, 0.15) is 0 Å². The van der Waals surface area contributed by atoms with E-state index in [1.165, 1.54) is 0 Å². The summed E-state index contributed by atoms with van der Waals surface area (Å²) in [5, 5.41) is 8.50. The third-order valence-corrected chi connectivity index (χ3v) is 3.32. The van der Waals surface area contributed by atoms with E-state index in [1.54, 1.807) is 0 Å². The number of nitrogens with one attached hydrogen (secondary N) is 1. The van der Waals surface area contributed by atoms with E-state index in [-0.39, 0.29) is 0 Å². The molecule has 5 heteroatoms. The van der Waals surface area contributed by atoms with Crippen molar-refractivity contribution in [3.05, 3.63) is 40.3 Å². The molecule has 108 valence electrons. The number of halogens is 1. The summed E-state index contributed by atoms with van der Waals surface area (Å²) in [6.45, 7) is 9.96. The predicted molar refractivity (Wildman–Crippen MR) is 82.4 cm³/mol. The van der Waals surface area contributed by atoms with E-state index in [2.05, 4.69) is 29.2 Å². The van der Waals surface area contributed by atoms with Crippen LogP contribution in [0.2, 0.25) is 5.02 Å². The second-order valence-corrected chi connectivity index (χ2v) is 5.87. The van der Waals surface area contributed by atoms with Crippen LogP contribution in [0.25, 0.3) is 5.82 Å². The van der Waals surface area contributed by atoms with Crippen molar-refractivity contribution in [3.8, 4) is 5.82 Å². The van der Waals surface area contributed by atoms with Gasteiger partial charge in [0.05, 0.1) is 16.4 Å². The van der Waals surface area contributed by atoms with Crippen LogP contribution in [0.4, 0.5) is 0 Å². The summed E-state index contributed by atoms with van der Waals surface area (Å²) in [5.74, 6) is 1.41. The summed E-state index contributed by atoms with van der Waals surface area (Å²) in [5.41, 5.74) is 2.91. The molecule has 0 saturated heterocycles. The summed E-state index contributed by atoms with van der Waals surface area (Å²) in [7, 11) is 0. The Morgan fingerprint density at radius 2 is 2.05 bits per heavy atom. The van der Waals surface area contributed by atoms with E-state index in [0.717, 1.165) is 29.4 Å². The maximum atomic E-state index is 6.21. The smallest absolute Gasteiger partial charge is 0.154 e. The average molecular weight is 293 g/mol. The first-order chi connectivity index (χ1) is 9.47. The molecule has 0 bridgehead atoms. The van der Waals surface area contributed by atoms with E-state index in [4.69, 9.17) is 11.6 Å². The first-order valence-corrected chi connectivity index (χ1v) is 7.25. The highest BCUT2D eigenvalue weighted by atomic mass is 35.5. The van der Waals surface area contributed by atoms with Crippen molar-refractivity contribution in [2.24, 2.45) is 5.92 Å². The molecule has 2 heterocycles. The van der Waals surface area contributed by atoms with E-state index < -0.39 is 0 Å². The zero-order valence-corrected chi connectivity index (χ0v) is 13.2. The van der Waals surface area contributed by atoms with Gasteiger partial charge < -0.3 is 5.32 Å². The Hall–Kier alpha value is -1.39. The quantitative estimate of drug-likeness (QED) is 0.919. The highest BCUT2D eigenvalue weighted by molar-refractivity contribution is 6.31. The van der Waals surface area contributed by atoms with Crippen molar-refractivity contribution in [1.82, 2.24) is 20.1 Å². The Balaban J connectivity index is 2.22. The molecule has 2 aromatic rings. The van der Waals surface area contributed by atoms with E-state index in [9.17, 15) is 0 Å². The number of hydrogen-bond acceptors (Lipinski definition) is 3. The summed E-state index contributed by atoms with van der Waals surface area (Å²) in [6, 6.07) is 5.81. The predicted octanol–water partition coefficient (Wildman–Crippen LogP) is 3.28. The van der Waals surface area contributed by atoms with Crippen LogP contribution in [0.5, 0.6) is 0 Å². The molecular weight excluding hydrogens is 272 g/mol. The molecule has 4 nitrogen and oxygen atoms in total. The summed E-state index contributed by atoms with van der Waals surface area (Å²) >= 11 is 6.21. The number of aryl methyl sites for hydroxylation is 2. The molecule has 0 aliphatic rings. The Labute approximate surface area is 125 Å². The van der Waals surface area contributed by atoms with E-state index in [0.29, 0.717) is 17.5 Å². The van der Waals surface area contributed by atoms with Gasteiger partial charge in [-0.3, -0.25) is 0 Å². The molecule has 0 radical (unpaired) electrons. The van der Waals surface area contributed by atoms with Crippen molar-refractivity contribution in [3.63, 3.8) is 0 Å². The molecule has 20 heavy (non-hydrogen) atoms. The lowest BCUT2D eigenvalue weighted by Crippen LogP contribution is -2.20. The normalized spacial score (nSPS) is 11.3. The van der Waals surface area contributed by atoms with Gasteiger partial charge in [-0.2, -0.15) is 5.10 Å². The maximum absolute atomic E-state index is 6.21. The van der Waals surface area contributed by atoms with Crippen LogP contribution in [0.1, 0.15) is 30.9 Å². The lowest BCUT2D eigenvalue weighted by atomic mass is 10.2. The van der Waals surface area contributed by atoms with E-state index in [1.807, 2.05) is 36.7 Å². The average Bonchev–Trinajstić information content (AvgIpc) is 2.70. The lowest BCUT2D eigenvalue weighted by molar-refractivity contribution is 0.547. The maximum Gasteiger partial charge on any atom is 0.154 e. The van der Waals surface area contributed by atoms with Gasteiger partial charge in [-0.25, -0.2) is 9.67 Å². The summed E-state index contributed by atoms with van der Waals surface area (Å²) < 4.78 is 1.84. The van der Waals surface area contributed by atoms with E-state index >= 15 is 0 Å². The molecule has 1 N–H and O–H groups in total. The molecule has 0 amide bonds. The molecule has 0 atom stereocenters. The number of nitrogens with zero attached hydrogens (tertiary/aromatic N) is 3. The molecule has 2 aromatic heterocycles.